The molecule has 5 heteroatoms. The molecule has 0 saturated heterocycles. The predicted octanol–water partition coefficient (Wildman–Crippen LogP) is -0.223. The lowest BCUT2D eigenvalue weighted by Crippen LogP contribution is -2.19. The lowest BCUT2D eigenvalue weighted by Gasteiger charge is -2.11. The average Bonchev–Trinajstić information content (AvgIpc) is 2.39. The molecular weight excluding hydrogens is 168 g/mol. The van der Waals surface area contributed by atoms with E-state index in [-0.39, 0.29) is 5.84 Å². The highest BCUT2D eigenvalue weighted by molar-refractivity contribution is 5.95. The Hall–Kier alpha value is -1.36. The summed E-state index contributed by atoms with van der Waals surface area (Å²) >= 11 is 0. The molecule has 70 valence electrons. The molecule has 2 heterocycles. The summed E-state index contributed by atoms with van der Waals surface area (Å²) in [5.74, 6) is 0.0572. The molecule has 1 aliphatic rings. The van der Waals surface area contributed by atoms with Crippen molar-refractivity contribution >= 4 is 5.84 Å². The second kappa shape index (κ2) is 2.85. The van der Waals surface area contributed by atoms with Crippen molar-refractivity contribution in [2.75, 3.05) is 6.61 Å². The fraction of sp³-hybridized carbons (Fsp3) is 0.500. The highest BCUT2D eigenvalue weighted by atomic mass is 16.5. The van der Waals surface area contributed by atoms with Crippen molar-refractivity contribution in [1.29, 1.82) is 5.41 Å². The number of aromatic nitrogens is 2. The van der Waals surface area contributed by atoms with Crippen molar-refractivity contribution in [3.63, 3.8) is 0 Å². The van der Waals surface area contributed by atoms with Crippen LogP contribution in [-0.4, -0.2) is 22.2 Å². The van der Waals surface area contributed by atoms with Gasteiger partial charge in [-0.1, -0.05) is 0 Å². The third kappa shape index (κ3) is 1.21. The molecule has 0 fully saturated rings. The zero-order chi connectivity index (χ0) is 9.42. The number of fused-ring (bicyclic) bond motifs is 1. The smallest absolute Gasteiger partial charge is 0.141 e. The molecule has 1 aromatic heterocycles. The van der Waals surface area contributed by atoms with Gasteiger partial charge in [0.05, 0.1) is 18.9 Å². The summed E-state index contributed by atoms with van der Waals surface area (Å²) < 4.78 is 6.95. The van der Waals surface area contributed by atoms with Crippen LogP contribution in [0.1, 0.15) is 17.0 Å². The molecule has 0 unspecified atom stereocenters. The second-order valence-corrected chi connectivity index (χ2v) is 3.11. The highest BCUT2D eigenvalue weighted by Crippen LogP contribution is 2.19. The fourth-order valence-electron chi connectivity index (χ4n) is 1.66. The van der Waals surface area contributed by atoms with Crippen molar-refractivity contribution < 1.29 is 4.74 Å². The quantitative estimate of drug-likeness (QED) is 0.463. The molecule has 0 atom stereocenters. The van der Waals surface area contributed by atoms with Gasteiger partial charge < -0.3 is 10.5 Å². The van der Waals surface area contributed by atoms with E-state index in [0.29, 0.717) is 18.9 Å². The Bertz CT molecular complexity index is 355. The molecule has 0 aliphatic carbocycles. The van der Waals surface area contributed by atoms with E-state index in [1.165, 1.54) is 0 Å². The first-order valence-electron chi connectivity index (χ1n) is 4.17. The third-order valence-corrected chi connectivity index (χ3v) is 2.21. The maximum atomic E-state index is 7.39. The lowest BCUT2D eigenvalue weighted by molar-refractivity contribution is 0.110. The van der Waals surface area contributed by atoms with E-state index in [9.17, 15) is 0 Å². The van der Waals surface area contributed by atoms with Gasteiger partial charge in [-0.3, -0.25) is 10.1 Å². The van der Waals surface area contributed by atoms with Gasteiger partial charge in [-0.15, -0.1) is 0 Å². The summed E-state index contributed by atoms with van der Waals surface area (Å²) in [5, 5.41) is 11.7. The van der Waals surface area contributed by atoms with E-state index in [1.807, 2.05) is 0 Å². The summed E-state index contributed by atoms with van der Waals surface area (Å²) in [6.07, 6.45) is 0.816. The number of nitrogens with zero attached hydrogens (tertiary/aromatic N) is 2. The number of nitrogens with one attached hydrogen (secondary N) is 1. The largest absolute Gasteiger partial charge is 0.382 e. The molecule has 5 nitrogen and oxygen atoms in total. The zero-order valence-electron chi connectivity index (χ0n) is 7.50. The van der Waals surface area contributed by atoms with Gasteiger partial charge in [-0.25, -0.2) is 0 Å². The first-order valence-corrected chi connectivity index (χ1v) is 4.17. The van der Waals surface area contributed by atoms with Crippen molar-refractivity contribution in [2.24, 2.45) is 12.8 Å². The predicted molar refractivity (Wildman–Crippen MR) is 47.6 cm³/mol. The van der Waals surface area contributed by atoms with E-state index in [2.05, 4.69) is 5.10 Å². The normalized spacial score (nSPS) is 15.5. The maximum Gasteiger partial charge on any atom is 0.141 e. The minimum Gasteiger partial charge on any atom is -0.382 e. The Labute approximate surface area is 76.0 Å². The summed E-state index contributed by atoms with van der Waals surface area (Å²) in [5.41, 5.74) is 8.13. The number of aryl methyl sites for hydroxylation is 1. The van der Waals surface area contributed by atoms with Crippen molar-refractivity contribution in [3.05, 3.63) is 17.0 Å². The number of nitrogens with two attached hydrogens (primary N) is 1. The Morgan fingerprint density at radius 1 is 1.69 bits per heavy atom. The first-order chi connectivity index (χ1) is 6.20. The van der Waals surface area contributed by atoms with Crippen LogP contribution in [0, 0.1) is 5.41 Å². The number of hydrogen-bond acceptors (Lipinski definition) is 3. The number of nitrogen functional groups attached to an aromatic ring is 1. The van der Waals surface area contributed by atoms with Crippen molar-refractivity contribution in [1.82, 2.24) is 9.78 Å². The van der Waals surface area contributed by atoms with Gasteiger partial charge in [0, 0.05) is 19.0 Å². The van der Waals surface area contributed by atoms with Gasteiger partial charge in [0.15, 0.2) is 0 Å². The topological polar surface area (TPSA) is 76.9 Å². The molecule has 0 spiro atoms. The Balaban J connectivity index is 2.54. The molecule has 3 N–H and O–H groups in total. The summed E-state index contributed by atoms with van der Waals surface area (Å²) in [6, 6.07) is 0. The van der Waals surface area contributed by atoms with Crippen LogP contribution in [0.4, 0.5) is 0 Å². The SMILES string of the molecule is Cn1nc2c(c1C(=N)N)COCC2. The average molecular weight is 180 g/mol. The lowest BCUT2D eigenvalue weighted by atomic mass is 10.1. The molecule has 0 aromatic carbocycles. The summed E-state index contributed by atoms with van der Waals surface area (Å²) in [6.45, 7) is 1.24. The molecule has 0 radical (unpaired) electrons. The van der Waals surface area contributed by atoms with Crippen LogP contribution in [0.3, 0.4) is 0 Å². The Morgan fingerprint density at radius 3 is 3.15 bits per heavy atom. The van der Waals surface area contributed by atoms with Crippen LogP contribution >= 0.6 is 0 Å². The van der Waals surface area contributed by atoms with Gasteiger partial charge in [0.1, 0.15) is 11.5 Å². The molecule has 0 bridgehead atoms. The molecule has 2 rings (SSSR count). The molecular formula is C8H12N4O. The summed E-state index contributed by atoms with van der Waals surface area (Å²) in [7, 11) is 1.80. The van der Waals surface area contributed by atoms with E-state index < -0.39 is 0 Å². The van der Waals surface area contributed by atoms with Gasteiger partial charge >= 0.3 is 0 Å². The zero-order valence-corrected chi connectivity index (χ0v) is 7.50. The number of rotatable bonds is 1. The van der Waals surface area contributed by atoms with Crippen LogP contribution in [0.15, 0.2) is 0 Å². The Kier molecular flexibility index (Phi) is 1.81. The van der Waals surface area contributed by atoms with Crippen molar-refractivity contribution in [2.45, 2.75) is 13.0 Å². The monoisotopic (exact) mass is 180 g/mol. The van der Waals surface area contributed by atoms with Crippen LogP contribution in [-0.2, 0) is 24.8 Å². The number of hydrogen-bond donors (Lipinski definition) is 2. The molecule has 0 saturated carbocycles. The van der Waals surface area contributed by atoms with E-state index >= 15 is 0 Å². The van der Waals surface area contributed by atoms with E-state index in [0.717, 1.165) is 17.7 Å². The fourth-order valence-corrected chi connectivity index (χ4v) is 1.66. The standard InChI is InChI=1S/C8H12N4O/c1-12-7(8(9)10)5-4-13-3-2-6(5)11-12/h2-4H2,1H3,(H3,9,10). The van der Waals surface area contributed by atoms with Crippen LogP contribution < -0.4 is 5.73 Å². The van der Waals surface area contributed by atoms with Gasteiger partial charge in [0.25, 0.3) is 0 Å². The van der Waals surface area contributed by atoms with E-state index in [1.54, 1.807) is 11.7 Å². The molecule has 1 aliphatic heterocycles. The minimum atomic E-state index is 0.0572. The van der Waals surface area contributed by atoms with Gasteiger partial charge in [-0.05, 0) is 0 Å². The Morgan fingerprint density at radius 2 is 2.46 bits per heavy atom. The van der Waals surface area contributed by atoms with Crippen LogP contribution in [0.25, 0.3) is 0 Å². The maximum absolute atomic E-state index is 7.39. The third-order valence-electron chi connectivity index (χ3n) is 2.21. The van der Waals surface area contributed by atoms with Gasteiger partial charge in [-0.2, -0.15) is 5.10 Å². The molecule has 1 aromatic rings. The van der Waals surface area contributed by atoms with Crippen molar-refractivity contribution in [3.8, 4) is 0 Å². The number of amidine groups is 1. The first kappa shape index (κ1) is 8.25. The molecule has 0 amide bonds. The van der Waals surface area contributed by atoms with Crippen LogP contribution in [0.2, 0.25) is 0 Å². The minimum absolute atomic E-state index is 0.0572. The van der Waals surface area contributed by atoms with E-state index in [4.69, 9.17) is 15.9 Å². The molecule has 13 heavy (non-hydrogen) atoms. The van der Waals surface area contributed by atoms with Gasteiger partial charge in [0.2, 0.25) is 0 Å². The second-order valence-electron chi connectivity index (χ2n) is 3.11. The van der Waals surface area contributed by atoms with Crippen LogP contribution in [0.5, 0.6) is 0 Å². The number of ether oxygens (including phenoxy) is 1. The highest BCUT2D eigenvalue weighted by Gasteiger charge is 2.20. The summed E-state index contributed by atoms with van der Waals surface area (Å²) in [4.78, 5) is 0.